The van der Waals surface area contributed by atoms with Crippen LogP contribution in [0.5, 0.6) is 11.5 Å². The van der Waals surface area contributed by atoms with Gasteiger partial charge in [0.05, 0.1) is 14.2 Å². The average Bonchev–Trinajstić information content (AvgIpc) is 3.02. The monoisotopic (exact) mass is 577 g/mol. The van der Waals surface area contributed by atoms with Gasteiger partial charge in [-0.1, -0.05) is 90.0 Å². The SMILES string of the molecule is COc1ccc(C=Cc2cc(Cl)c(C=Cc3ccc(N(c4ccccc4)c4ccc(OC)cc4)cc3)cc2Cl)cc1. The Kier molecular flexibility index (Phi) is 9.10. The number of halogens is 2. The minimum atomic E-state index is 0.631. The van der Waals surface area contributed by atoms with Gasteiger partial charge in [0, 0.05) is 27.1 Å². The predicted octanol–water partition coefficient (Wildman–Crippen LogP) is 10.8. The van der Waals surface area contributed by atoms with E-state index in [1.807, 2.05) is 91.0 Å². The minimum absolute atomic E-state index is 0.631. The Morgan fingerprint density at radius 2 is 0.878 bits per heavy atom. The van der Waals surface area contributed by atoms with E-state index in [0.717, 1.165) is 50.8 Å². The first-order valence-corrected chi connectivity index (χ1v) is 13.9. The highest BCUT2D eigenvalue weighted by molar-refractivity contribution is 6.35. The highest BCUT2D eigenvalue weighted by atomic mass is 35.5. The van der Waals surface area contributed by atoms with E-state index in [2.05, 4.69) is 53.4 Å². The maximum absolute atomic E-state index is 6.64. The summed E-state index contributed by atoms with van der Waals surface area (Å²) in [6.07, 6.45) is 7.98. The van der Waals surface area contributed by atoms with Gasteiger partial charge in [0.1, 0.15) is 11.5 Å². The molecule has 0 radical (unpaired) electrons. The van der Waals surface area contributed by atoms with Crippen LogP contribution in [0.1, 0.15) is 22.3 Å². The Balaban J connectivity index is 1.34. The molecule has 0 heterocycles. The summed E-state index contributed by atoms with van der Waals surface area (Å²) in [7, 11) is 3.33. The Labute approximate surface area is 251 Å². The molecule has 0 unspecified atom stereocenters. The van der Waals surface area contributed by atoms with Crippen LogP contribution in [-0.2, 0) is 0 Å². The van der Waals surface area contributed by atoms with E-state index in [1.165, 1.54) is 0 Å². The minimum Gasteiger partial charge on any atom is -0.497 e. The summed E-state index contributed by atoms with van der Waals surface area (Å²) in [5, 5.41) is 1.26. The second-order valence-corrected chi connectivity index (χ2v) is 10.1. The summed E-state index contributed by atoms with van der Waals surface area (Å²) >= 11 is 13.2. The third-order valence-electron chi connectivity index (χ3n) is 6.64. The molecule has 0 bridgehead atoms. The summed E-state index contributed by atoms with van der Waals surface area (Å²) in [6, 6.07) is 38.4. The Morgan fingerprint density at radius 3 is 1.34 bits per heavy atom. The number of rotatable bonds is 9. The zero-order valence-electron chi connectivity index (χ0n) is 22.8. The Morgan fingerprint density at radius 1 is 0.488 bits per heavy atom. The van der Waals surface area contributed by atoms with Gasteiger partial charge >= 0.3 is 0 Å². The number of para-hydroxylation sites is 1. The van der Waals surface area contributed by atoms with Gasteiger partial charge in [0.15, 0.2) is 0 Å². The number of benzene rings is 5. The molecule has 41 heavy (non-hydrogen) atoms. The van der Waals surface area contributed by atoms with Crippen LogP contribution in [0, 0.1) is 0 Å². The molecule has 0 saturated heterocycles. The van der Waals surface area contributed by atoms with Crippen molar-refractivity contribution < 1.29 is 9.47 Å². The molecule has 0 aromatic heterocycles. The lowest BCUT2D eigenvalue weighted by Gasteiger charge is -2.25. The fraction of sp³-hybridized carbons (Fsp3) is 0.0556. The molecule has 3 nitrogen and oxygen atoms in total. The molecule has 0 aliphatic carbocycles. The number of methoxy groups -OCH3 is 2. The molecule has 0 aliphatic rings. The second kappa shape index (κ2) is 13.3. The largest absolute Gasteiger partial charge is 0.497 e. The van der Waals surface area contributed by atoms with Gasteiger partial charge in [0.2, 0.25) is 0 Å². The first kappa shape index (κ1) is 28.1. The fourth-order valence-electron chi connectivity index (χ4n) is 4.41. The van der Waals surface area contributed by atoms with Crippen molar-refractivity contribution in [3.8, 4) is 11.5 Å². The quantitative estimate of drug-likeness (QED) is 0.162. The Hall–Kier alpha value is -4.44. The number of anilines is 3. The molecule has 0 saturated carbocycles. The molecule has 5 aromatic rings. The van der Waals surface area contributed by atoms with Gasteiger partial charge in [-0.2, -0.15) is 0 Å². The van der Waals surface area contributed by atoms with Crippen molar-refractivity contribution in [1.29, 1.82) is 0 Å². The lowest BCUT2D eigenvalue weighted by atomic mass is 10.1. The molecule has 5 heteroatoms. The standard InChI is InChI=1S/C36H29Cl2NO2/c1-40-33-20-12-27(13-21-33)9-15-29-25-35(37)28(24-36(29)38)14-8-26-10-16-31(17-11-26)39(30-6-4-3-5-7-30)32-18-22-34(41-2)23-19-32/h3-25H,1-2H3. The van der Waals surface area contributed by atoms with Crippen LogP contribution in [0.4, 0.5) is 17.1 Å². The van der Waals surface area contributed by atoms with E-state index in [0.29, 0.717) is 10.0 Å². The van der Waals surface area contributed by atoms with Crippen LogP contribution < -0.4 is 14.4 Å². The van der Waals surface area contributed by atoms with Gasteiger partial charge in [0.25, 0.3) is 0 Å². The topological polar surface area (TPSA) is 21.7 Å². The summed E-state index contributed by atoms with van der Waals surface area (Å²) in [4.78, 5) is 2.21. The molecule has 0 spiro atoms. The molecule has 0 N–H and O–H groups in total. The number of hydrogen-bond donors (Lipinski definition) is 0. The van der Waals surface area contributed by atoms with Gasteiger partial charge in [-0.15, -0.1) is 0 Å². The first-order valence-electron chi connectivity index (χ1n) is 13.1. The fourth-order valence-corrected chi connectivity index (χ4v) is 4.88. The molecular weight excluding hydrogens is 549 g/mol. The third-order valence-corrected chi connectivity index (χ3v) is 7.29. The summed E-state index contributed by atoms with van der Waals surface area (Å²) in [5.41, 5.74) is 6.97. The Bertz CT molecular complexity index is 1640. The zero-order chi connectivity index (χ0) is 28.6. The molecule has 0 aliphatic heterocycles. The third kappa shape index (κ3) is 7.01. The van der Waals surface area contributed by atoms with E-state index < -0.39 is 0 Å². The predicted molar refractivity (Wildman–Crippen MR) is 175 cm³/mol. The number of hydrogen-bond acceptors (Lipinski definition) is 3. The van der Waals surface area contributed by atoms with Crippen LogP contribution in [-0.4, -0.2) is 14.2 Å². The van der Waals surface area contributed by atoms with Gasteiger partial charge < -0.3 is 14.4 Å². The lowest BCUT2D eigenvalue weighted by molar-refractivity contribution is 0.414. The molecule has 5 rings (SSSR count). The van der Waals surface area contributed by atoms with Crippen molar-refractivity contribution in [2.24, 2.45) is 0 Å². The second-order valence-electron chi connectivity index (χ2n) is 9.30. The summed E-state index contributed by atoms with van der Waals surface area (Å²) in [6.45, 7) is 0. The molecule has 0 fully saturated rings. The van der Waals surface area contributed by atoms with E-state index in [-0.39, 0.29) is 0 Å². The number of ether oxygens (including phenoxy) is 2. The van der Waals surface area contributed by atoms with E-state index >= 15 is 0 Å². The highest BCUT2D eigenvalue weighted by Crippen LogP contribution is 2.35. The van der Waals surface area contributed by atoms with Crippen molar-refractivity contribution in [2.75, 3.05) is 19.1 Å². The van der Waals surface area contributed by atoms with E-state index in [1.54, 1.807) is 14.2 Å². The van der Waals surface area contributed by atoms with Crippen LogP contribution in [0.25, 0.3) is 24.3 Å². The zero-order valence-corrected chi connectivity index (χ0v) is 24.3. The summed E-state index contributed by atoms with van der Waals surface area (Å²) < 4.78 is 10.6. The van der Waals surface area contributed by atoms with Crippen molar-refractivity contribution in [2.45, 2.75) is 0 Å². The highest BCUT2D eigenvalue weighted by Gasteiger charge is 2.12. The molecular formula is C36H29Cl2NO2. The van der Waals surface area contributed by atoms with Crippen molar-refractivity contribution in [3.63, 3.8) is 0 Å². The average molecular weight is 579 g/mol. The van der Waals surface area contributed by atoms with Gasteiger partial charge in [-0.25, -0.2) is 0 Å². The maximum Gasteiger partial charge on any atom is 0.119 e. The van der Waals surface area contributed by atoms with Gasteiger partial charge in [-0.3, -0.25) is 0 Å². The van der Waals surface area contributed by atoms with Crippen molar-refractivity contribution in [3.05, 3.63) is 148 Å². The molecule has 204 valence electrons. The van der Waals surface area contributed by atoms with Gasteiger partial charge in [-0.05, 0) is 95.1 Å². The number of nitrogens with zero attached hydrogens (tertiary/aromatic N) is 1. The van der Waals surface area contributed by atoms with Crippen molar-refractivity contribution in [1.82, 2.24) is 0 Å². The normalized spacial score (nSPS) is 11.2. The van der Waals surface area contributed by atoms with Crippen LogP contribution in [0.3, 0.4) is 0 Å². The smallest absolute Gasteiger partial charge is 0.119 e. The lowest BCUT2D eigenvalue weighted by Crippen LogP contribution is -2.09. The van der Waals surface area contributed by atoms with E-state index in [9.17, 15) is 0 Å². The van der Waals surface area contributed by atoms with Crippen molar-refractivity contribution >= 4 is 64.6 Å². The first-order chi connectivity index (χ1) is 20.0. The van der Waals surface area contributed by atoms with Crippen LogP contribution in [0.2, 0.25) is 10.0 Å². The molecule has 0 atom stereocenters. The maximum atomic E-state index is 6.64. The van der Waals surface area contributed by atoms with E-state index in [4.69, 9.17) is 32.7 Å². The summed E-state index contributed by atoms with van der Waals surface area (Å²) in [5.74, 6) is 1.64. The van der Waals surface area contributed by atoms with Crippen LogP contribution in [0.15, 0.2) is 115 Å². The molecule has 5 aromatic carbocycles. The molecule has 0 amide bonds. The van der Waals surface area contributed by atoms with Crippen LogP contribution >= 0.6 is 23.2 Å².